The number of hydrogen-bond acceptors (Lipinski definition) is 3. The van der Waals surface area contributed by atoms with Crippen LogP contribution < -0.4 is 0 Å². The Balaban J connectivity index is 1.84. The second kappa shape index (κ2) is 7.31. The number of carbonyl (C=O) groups excluding carboxylic acids is 1. The predicted molar refractivity (Wildman–Crippen MR) is 99.1 cm³/mol. The zero-order valence-corrected chi connectivity index (χ0v) is 16.5. The van der Waals surface area contributed by atoms with Gasteiger partial charge in [0.05, 0.1) is 6.04 Å². The van der Waals surface area contributed by atoms with Crippen LogP contribution in [-0.2, 0) is 16.8 Å². The van der Waals surface area contributed by atoms with Crippen LogP contribution in [0.5, 0.6) is 0 Å². The van der Waals surface area contributed by atoms with Gasteiger partial charge in [-0.25, -0.2) is 9.78 Å². The van der Waals surface area contributed by atoms with E-state index in [0.717, 1.165) is 11.8 Å². The first kappa shape index (κ1) is 20.5. The number of hydrogen-bond donors (Lipinski definition) is 0. The summed E-state index contributed by atoms with van der Waals surface area (Å²) in [6, 6.07) is 6.59. The molecule has 0 spiro atoms. The van der Waals surface area contributed by atoms with Crippen molar-refractivity contribution in [1.29, 1.82) is 0 Å². The van der Waals surface area contributed by atoms with Crippen molar-refractivity contribution in [3.8, 4) is 11.4 Å². The van der Waals surface area contributed by atoms with Gasteiger partial charge in [0.1, 0.15) is 11.4 Å². The van der Waals surface area contributed by atoms with E-state index in [2.05, 4.69) is 4.98 Å². The maximum atomic E-state index is 13.2. The fourth-order valence-corrected chi connectivity index (χ4v) is 3.05. The van der Waals surface area contributed by atoms with Gasteiger partial charge in [-0.05, 0) is 26.3 Å². The number of amides is 1. The zero-order chi connectivity index (χ0) is 20.7. The third-order valence-corrected chi connectivity index (χ3v) is 4.61. The number of nitrogens with zero attached hydrogens (tertiary/aromatic N) is 3. The first-order chi connectivity index (χ1) is 13.0. The lowest BCUT2D eigenvalue weighted by Crippen LogP contribution is -2.52. The molecule has 1 aliphatic heterocycles. The van der Waals surface area contributed by atoms with Gasteiger partial charge >= 0.3 is 12.3 Å². The van der Waals surface area contributed by atoms with Crippen LogP contribution in [0, 0.1) is 0 Å². The molecule has 0 radical (unpaired) electrons. The van der Waals surface area contributed by atoms with Crippen LogP contribution >= 0.6 is 11.6 Å². The minimum atomic E-state index is -4.55. The van der Waals surface area contributed by atoms with Crippen molar-refractivity contribution in [3.05, 3.63) is 41.7 Å². The normalized spacial score (nSPS) is 15.5. The Morgan fingerprint density at radius 1 is 1.21 bits per heavy atom. The average molecular weight is 416 g/mol. The van der Waals surface area contributed by atoms with Crippen molar-refractivity contribution in [1.82, 2.24) is 14.5 Å². The summed E-state index contributed by atoms with van der Waals surface area (Å²) in [6.45, 7) is 5.80. The molecule has 1 aliphatic rings. The van der Waals surface area contributed by atoms with Gasteiger partial charge < -0.3 is 14.2 Å². The summed E-state index contributed by atoms with van der Waals surface area (Å²) in [5, 5.41) is 0. The van der Waals surface area contributed by atoms with Crippen LogP contribution in [0.15, 0.2) is 30.5 Å². The third-order valence-electron chi connectivity index (χ3n) is 4.30. The number of alkyl halides is 4. The summed E-state index contributed by atoms with van der Waals surface area (Å²) in [6.07, 6.45) is -4.03. The van der Waals surface area contributed by atoms with E-state index in [-0.39, 0.29) is 25.0 Å². The van der Waals surface area contributed by atoms with Gasteiger partial charge in [-0.3, -0.25) is 0 Å². The van der Waals surface area contributed by atoms with Crippen LogP contribution in [-0.4, -0.2) is 39.2 Å². The second-order valence-corrected chi connectivity index (χ2v) is 7.99. The molecule has 1 aromatic heterocycles. The first-order valence-electron chi connectivity index (χ1n) is 8.77. The molecule has 9 heteroatoms. The molecular weight excluding hydrogens is 395 g/mol. The second-order valence-electron chi connectivity index (χ2n) is 7.72. The van der Waals surface area contributed by atoms with Crippen molar-refractivity contribution in [3.63, 3.8) is 0 Å². The largest absolute Gasteiger partial charge is 0.444 e. The third kappa shape index (κ3) is 4.43. The van der Waals surface area contributed by atoms with Gasteiger partial charge in [0.15, 0.2) is 5.69 Å². The molecule has 2 aromatic rings. The Kier molecular flexibility index (Phi) is 5.36. The van der Waals surface area contributed by atoms with Crippen LogP contribution in [0.2, 0.25) is 0 Å². The molecule has 0 aliphatic carbocycles. The minimum absolute atomic E-state index is 0.210. The van der Waals surface area contributed by atoms with E-state index in [4.69, 9.17) is 16.3 Å². The van der Waals surface area contributed by atoms with Gasteiger partial charge in [0, 0.05) is 30.7 Å². The van der Waals surface area contributed by atoms with Crippen molar-refractivity contribution in [2.75, 3.05) is 13.1 Å². The monoisotopic (exact) mass is 415 g/mol. The number of carbonyl (C=O) groups is 1. The molecule has 0 unspecified atom stereocenters. The topological polar surface area (TPSA) is 47.4 Å². The van der Waals surface area contributed by atoms with Gasteiger partial charge in [0.2, 0.25) is 0 Å². The van der Waals surface area contributed by atoms with Gasteiger partial charge in [-0.2, -0.15) is 13.2 Å². The molecule has 2 heterocycles. The molecule has 28 heavy (non-hydrogen) atoms. The van der Waals surface area contributed by atoms with E-state index in [9.17, 15) is 18.0 Å². The number of imidazole rings is 1. The van der Waals surface area contributed by atoms with E-state index in [1.165, 1.54) is 9.47 Å². The number of aromatic nitrogens is 2. The van der Waals surface area contributed by atoms with E-state index in [1.807, 2.05) is 0 Å². The van der Waals surface area contributed by atoms with Gasteiger partial charge in [-0.1, -0.05) is 24.3 Å². The highest BCUT2D eigenvalue weighted by atomic mass is 35.5. The van der Waals surface area contributed by atoms with Crippen LogP contribution in [0.3, 0.4) is 0 Å². The van der Waals surface area contributed by atoms with Crippen LogP contribution in [0.1, 0.15) is 38.1 Å². The lowest BCUT2D eigenvalue weighted by atomic mass is 10.1. The molecule has 3 rings (SSSR count). The Bertz CT molecular complexity index is 851. The predicted octanol–water partition coefficient (Wildman–Crippen LogP) is 5.10. The Morgan fingerprint density at radius 2 is 1.82 bits per heavy atom. The molecule has 1 fully saturated rings. The first-order valence-corrected chi connectivity index (χ1v) is 9.30. The number of halogens is 4. The molecule has 5 nitrogen and oxygen atoms in total. The molecule has 1 amide bonds. The standard InChI is InChI=1S/C19H21ClF3N3O2/c1-18(2,3)28-17(27)25-9-14(10-25)26-11-15(19(21,22)23)24-16(26)13-6-4-12(8-20)5-7-13/h4-7,11,14H,8-10H2,1-3H3. The number of likely N-dealkylation sites (tertiary alicyclic amines) is 1. The number of rotatable bonds is 3. The van der Waals surface area contributed by atoms with E-state index in [1.54, 1.807) is 45.0 Å². The average Bonchev–Trinajstić information content (AvgIpc) is 2.97. The molecule has 1 saturated heterocycles. The molecular formula is C19H21ClF3N3O2. The Hall–Kier alpha value is -2.22. The smallest absolute Gasteiger partial charge is 0.434 e. The molecule has 0 atom stereocenters. The lowest BCUT2D eigenvalue weighted by Gasteiger charge is -2.40. The summed E-state index contributed by atoms with van der Waals surface area (Å²) < 4.78 is 46.4. The molecule has 0 bridgehead atoms. The summed E-state index contributed by atoms with van der Waals surface area (Å²) in [5.74, 6) is 0.526. The fraction of sp³-hybridized carbons (Fsp3) is 0.474. The lowest BCUT2D eigenvalue weighted by molar-refractivity contribution is -0.141. The van der Waals surface area contributed by atoms with Crippen LogP contribution in [0.4, 0.5) is 18.0 Å². The van der Waals surface area contributed by atoms with Gasteiger partial charge in [0.25, 0.3) is 0 Å². The Morgan fingerprint density at radius 3 is 2.32 bits per heavy atom. The maximum Gasteiger partial charge on any atom is 0.434 e. The maximum absolute atomic E-state index is 13.2. The van der Waals surface area contributed by atoms with Crippen molar-refractivity contribution in [2.24, 2.45) is 0 Å². The molecule has 0 saturated carbocycles. The summed E-state index contributed by atoms with van der Waals surface area (Å²) >= 11 is 5.78. The highest BCUT2D eigenvalue weighted by molar-refractivity contribution is 6.17. The zero-order valence-electron chi connectivity index (χ0n) is 15.8. The van der Waals surface area contributed by atoms with E-state index >= 15 is 0 Å². The molecule has 152 valence electrons. The van der Waals surface area contributed by atoms with Crippen molar-refractivity contribution < 1.29 is 22.7 Å². The number of ether oxygens (including phenoxy) is 1. The van der Waals surface area contributed by atoms with Gasteiger partial charge in [-0.15, -0.1) is 11.6 Å². The van der Waals surface area contributed by atoms with E-state index < -0.39 is 23.6 Å². The molecule has 1 aromatic carbocycles. The quantitative estimate of drug-likeness (QED) is 0.655. The highest BCUT2D eigenvalue weighted by Gasteiger charge is 2.39. The SMILES string of the molecule is CC(C)(C)OC(=O)N1CC(n2cc(C(F)(F)F)nc2-c2ccc(CCl)cc2)C1. The highest BCUT2D eigenvalue weighted by Crippen LogP contribution is 2.35. The van der Waals surface area contributed by atoms with Crippen molar-refractivity contribution in [2.45, 2.75) is 44.5 Å². The van der Waals surface area contributed by atoms with Crippen molar-refractivity contribution >= 4 is 17.7 Å². The molecule has 0 N–H and O–H groups in total. The van der Waals surface area contributed by atoms with Crippen LogP contribution in [0.25, 0.3) is 11.4 Å². The minimum Gasteiger partial charge on any atom is -0.444 e. The summed E-state index contributed by atoms with van der Waals surface area (Å²) in [7, 11) is 0. The fourth-order valence-electron chi connectivity index (χ4n) is 2.87. The summed E-state index contributed by atoms with van der Waals surface area (Å²) in [5.41, 5.74) is -0.172. The Labute approximate surface area is 166 Å². The summed E-state index contributed by atoms with van der Waals surface area (Å²) in [4.78, 5) is 17.4. The number of benzene rings is 1. The van der Waals surface area contributed by atoms with E-state index in [0.29, 0.717) is 11.4 Å².